The van der Waals surface area contributed by atoms with E-state index in [1.807, 2.05) is 0 Å². The van der Waals surface area contributed by atoms with Gasteiger partial charge in [-0.15, -0.1) is 5.10 Å². The molecule has 0 unspecified atom stereocenters. The summed E-state index contributed by atoms with van der Waals surface area (Å²) in [7, 11) is 0. The summed E-state index contributed by atoms with van der Waals surface area (Å²) in [6.07, 6.45) is 6.19. The number of hydrogen-bond donors (Lipinski definition) is 1. The van der Waals surface area contributed by atoms with E-state index < -0.39 is 0 Å². The van der Waals surface area contributed by atoms with Crippen molar-refractivity contribution >= 4 is 5.69 Å². The molecule has 2 aromatic rings. The van der Waals surface area contributed by atoms with Crippen molar-refractivity contribution in [3.05, 3.63) is 24.0 Å². The molecular formula is C15H20FN5. The van der Waals surface area contributed by atoms with E-state index in [0.717, 1.165) is 6.54 Å². The zero-order valence-electron chi connectivity index (χ0n) is 12.2. The Kier molecular flexibility index (Phi) is 3.61. The van der Waals surface area contributed by atoms with Crippen LogP contribution < -0.4 is 5.73 Å². The summed E-state index contributed by atoms with van der Waals surface area (Å²) < 4.78 is 15.0. The lowest BCUT2D eigenvalue weighted by molar-refractivity contribution is 0.175. The minimum Gasteiger partial charge on any atom is -0.398 e. The van der Waals surface area contributed by atoms with Crippen molar-refractivity contribution in [3.63, 3.8) is 0 Å². The van der Waals surface area contributed by atoms with Crippen LogP contribution in [0.4, 0.5) is 10.1 Å². The molecule has 1 aromatic carbocycles. The van der Waals surface area contributed by atoms with Crippen molar-refractivity contribution in [2.75, 3.05) is 5.73 Å². The number of aromatic nitrogens is 4. The van der Waals surface area contributed by atoms with Crippen molar-refractivity contribution < 1.29 is 4.39 Å². The molecule has 1 aliphatic carbocycles. The molecule has 5 nitrogen and oxygen atoms in total. The van der Waals surface area contributed by atoms with Gasteiger partial charge in [-0.25, -0.2) is 9.07 Å². The normalized spacial score (nSPS) is 17.8. The van der Waals surface area contributed by atoms with Crippen LogP contribution in [0.2, 0.25) is 0 Å². The van der Waals surface area contributed by atoms with E-state index in [-0.39, 0.29) is 11.2 Å². The summed E-state index contributed by atoms with van der Waals surface area (Å²) >= 11 is 0. The number of nitrogens with two attached hydrogens (primary N) is 1. The van der Waals surface area contributed by atoms with Gasteiger partial charge in [-0.2, -0.15) is 0 Å². The summed E-state index contributed by atoms with van der Waals surface area (Å²) in [5.41, 5.74) is 7.16. The Morgan fingerprint density at radius 2 is 2.05 bits per heavy atom. The highest BCUT2D eigenvalue weighted by atomic mass is 19.1. The van der Waals surface area contributed by atoms with Crippen LogP contribution in [0, 0.1) is 11.2 Å². The largest absolute Gasteiger partial charge is 0.398 e. The van der Waals surface area contributed by atoms with Gasteiger partial charge in [0.25, 0.3) is 0 Å². The molecule has 0 spiro atoms. The summed E-state index contributed by atoms with van der Waals surface area (Å²) in [6, 6.07) is 4.32. The Labute approximate surface area is 123 Å². The smallest absolute Gasteiger partial charge is 0.184 e. The maximum Gasteiger partial charge on any atom is 0.184 e. The number of anilines is 1. The first-order chi connectivity index (χ1) is 10.1. The zero-order chi connectivity index (χ0) is 14.9. The van der Waals surface area contributed by atoms with Crippen LogP contribution >= 0.6 is 0 Å². The number of halogens is 1. The molecule has 1 aromatic heterocycles. The van der Waals surface area contributed by atoms with Gasteiger partial charge in [0.1, 0.15) is 5.82 Å². The molecule has 112 valence electrons. The maximum absolute atomic E-state index is 13.2. The lowest BCUT2D eigenvalue weighted by Crippen LogP contribution is -2.27. The van der Waals surface area contributed by atoms with E-state index in [9.17, 15) is 4.39 Å². The monoisotopic (exact) mass is 289 g/mol. The molecule has 1 aliphatic rings. The number of nitrogen functional groups attached to an aromatic ring is 1. The van der Waals surface area contributed by atoms with Gasteiger partial charge in [-0.05, 0) is 46.9 Å². The third-order valence-corrected chi connectivity index (χ3v) is 4.38. The van der Waals surface area contributed by atoms with Gasteiger partial charge in [0, 0.05) is 11.3 Å². The van der Waals surface area contributed by atoms with Crippen LogP contribution in [0.1, 0.15) is 39.0 Å². The van der Waals surface area contributed by atoms with Crippen LogP contribution in [-0.2, 0) is 6.54 Å². The number of tetrazole rings is 1. The summed E-state index contributed by atoms with van der Waals surface area (Å²) in [5, 5.41) is 11.9. The average Bonchev–Trinajstić information content (AvgIpc) is 2.87. The Balaban J connectivity index is 1.90. The molecular weight excluding hydrogens is 269 g/mol. The number of rotatable bonds is 3. The quantitative estimate of drug-likeness (QED) is 0.882. The van der Waals surface area contributed by atoms with E-state index in [2.05, 4.69) is 22.4 Å². The van der Waals surface area contributed by atoms with E-state index >= 15 is 0 Å². The van der Waals surface area contributed by atoms with Gasteiger partial charge in [0.05, 0.1) is 6.54 Å². The second-order valence-corrected chi connectivity index (χ2v) is 6.26. The molecule has 0 aliphatic heterocycles. The fraction of sp³-hybridized carbons (Fsp3) is 0.533. The minimum absolute atomic E-state index is 0.219. The van der Waals surface area contributed by atoms with Crippen molar-refractivity contribution in [1.29, 1.82) is 0 Å². The molecule has 1 fully saturated rings. The average molecular weight is 289 g/mol. The first-order valence-corrected chi connectivity index (χ1v) is 7.39. The van der Waals surface area contributed by atoms with Gasteiger partial charge in [-0.3, -0.25) is 0 Å². The van der Waals surface area contributed by atoms with E-state index in [0.29, 0.717) is 17.1 Å². The molecule has 1 heterocycles. The fourth-order valence-electron chi connectivity index (χ4n) is 3.17. The van der Waals surface area contributed by atoms with Crippen LogP contribution in [0.3, 0.4) is 0 Å². The van der Waals surface area contributed by atoms with Crippen LogP contribution in [0.25, 0.3) is 11.4 Å². The zero-order valence-corrected chi connectivity index (χ0v) is 12.2. The Bertz CT molecular complexity index is 631. The Hall–Kier alpha value is -1.98. The minimum atomic E-state index is -0.352. The van der Waals surface area contributed by atoms with E-state index in [1.165, 1.54) is 44.2 Å². The van der Waals surface area contributed by atoms with Gasteiger partial charge >= 0.3 is 0 Å². The summed E-state index contributed by atoms with van der Waals surface area (Å²) in [6.45, 7) is 3.05. The van der Waals surface area contributed by atoms with Crippen molar-refractivity contribution in [2.24, 2.45) is 5.41 Å². The van der Waals surface area contributed by atoms with Crippen molar-refractivity contribution in [2.45, 2.75) is 45.6 Å². The topological polar surface area (TPSA) is 69.6 Å². The lowest BCUT2D eigenvalue weighted by Gasteiger charge is -2.33. The van der Waals surface area contributed by atoms with Gasteiger partial charge in [0.15, 0.2) is 5.82 Å². The molecule has 0 radical (unpaired) electrons. The van der Waals surface area contributed by atoms with Crippen LogP contribution in [-0.4, -0.2) is 20.2 Å². The van der Waals surface area contributed by atoms with Gasteiger partial charge in [0.2, 0.25) is 0 Å². The molecule has 0 saturated heterocycles. The molecule has 3 rings (SSSR count). The van der Waals surface area contributed by atoms with Crippen molar-refractivity contribution in [3.8, 4) is 11.4 Å². The van der Waals surface area contributed by atoms with Crippen LogP contribution in [0.5, 0.6) is 0 Å². The van der Waals surface area contributed by atoms with Gasteiger partial charge < -0.3 is 5.73 Å². The summed E-state index contributed by atoms with van der Waals surface area (Å²) in [5.74, 6) is 0.258. The highest BCUT2D eigenvalue weighted by molar-refractivity contribution is 5.71. The molecule has 0 bridgehead atoms. The number of hydrogen-bond acceptors (Lipinski definition) is 4. The summed E-state index contributed by atoms with van der Waals surface area (Å²) in [4.78, 5) is 0. The third kappa shape index (κ3) is 2.89. The molecule has 0 amide bonds. The predicted molar refractivity (Wildman–Crippen MR) is 78.8 cm³/mol. The molecule has 1 saturated carbocycles. The molecule has 21 heavy (non-hydrogen) atoms. The van der Waals surface area contributed by atoms with Crippen molar-refractivity contribution in [1.82, 2.24) is 20.2 Å². The third-order valence-electron chi connectivity index (χ3n) is 4.38. The fourth-order valence-corrected chi connectivity index (χ4v) is 3.17. The highest BCUT2D eigenvalue weighted by Crippen LogP contribution is 2.38. The first kappa shape index (κ1) is 14.0. The Morgan fingerprint density at radius 1 is 1.29 bits per heavy atom. The second kappa shape index (κ2) is 5.42. The second-order valence-electron chi connectivity index (χ2n) is 6.26. The standard InChI is InChI=1S/C15H20FN5/c1-15(7-3-2-4-8-15)10-21-14(18-19-20-21)12-6-5-11(16)9-13(12)17/h5-6,9H,2-4,7-8,10,17H2,1H3. The first-order valence-electron chi connectivity index (χ1n) is 7.39. The highest BCUT2D eigenvalue weighted by Gasteiger charge is 2.29. The van der Waals surface area contributed by atoms with E-state index in [1.54, 1.807) is 10.7 Å². The SMILES string of the molecule is CC1(Cn2nnnc2-c2ccc(F)cc2N)CCCCC1. The number of benzene rings is 1. The predicted octanol–water partition coefficient (Wildman–Crippen LogP) is 3.03. The Morgan fingerprint density at radius 3 is 2.76 bits per heavy atom. The number of nitrogens with zero attached hydrogens (tertiary/aromatic N) is 4. The van der Waals surface area contributed by atoms with E-state index in [4.69, 9.17) is 5.73 Å². The van der Waals surface area contributed by atoms with Crippen LogP contribution in [0.15, 0.2) is 18.2 Å². The maximum atomic E-state index is 13.2. The lowest BCUT2D eigenvalue weighted by atomic mass is 9.76. The molecule has 6 heteroatoms. The molecule has 0 atom stereocenters. The molecule has 2 N–H and O–H groups in total. The van der Waals surface area contributed by atoms with Gasteiger partial charge in [-0.1, -0.05) is 26.2 Å².